The third-order valence-electron chi connectivity index (χ3n) is 2.48. The molecule has 5 heteroatoms. The maximum Gasteiger partial charge on any atom is 0.193 e. The van der Waals surface area contributed by atoms with Gasteiger partial charge < -0.3 is 10.6 Å². The van der Waals surface area contributed by atoms with Gasteiger partial charge >= 0.3 is 0 Å². The highest BCUT2D eigenvalue weighted by molar-refractivity contribution is 7.15. The van der Waals surface area contributed by atoms with Gasteiger partial charge in [0, 0.05) is 49.5 Å². The Kier molecular flexibility index (Phi) is 3.35. The number of rotatable bonds is 5. The van der Waals surface area contributed by atoms with Crippen LogP contribution in [0.5, 0.6) is 0 Å². The Hall–Kier alpha value is -0.910. The molecule has 0 aromatic carbocycles. The monoisotopic (exact) mass is 224 g/mol. The summed E-state index contributed by atoms with van der Waals surface area (Å²) in [7, 11) is 2.10. The normalized spacial score (nSPS) is 11.7. The van der Waals surface area contributed by atoms with E-state index >= 15 is 0 Å². The fourth-order valence-corrected chi connectivity index (χ4v) is 2.48. The van der Waals surface area contributed by atoms with Crippen LogP contribution in [0.15, 0.2) is 17.8 Å². The van der Waals surface area contributed by atoms with Crippen molar-refractivity contribution in [2.75, 3.05) is 26.7 Å². The number of imidazole rings is 1. The molecule has 0 aliphatic rings. The van der Waals surface area contributed by atoms with Crippen LogP contribution >= 0.6 is 11.3 Å². The molecule has 2 heterocycles. The van der Waals surface area contributed by atoms with Crippen LogP contribution < -0.4 is 5.73 Å². The molecule has 0 saturated carbocycles. The maximum atomic E-state index is 5.50. The van der Waals surface area contributed by atoms with Gasteiger partial charge in [0.05, 0.1) is 0 Å². The SMILES string of the molecule is CN(CCN)CCc1csc2nccn12. The molecule has 0 aliphatic heterocycles. The van der Waals surface area contributed by atoms with Crippen molar-refractivity contribution in [2.24, 2.45) is 5.73 Å². The molecule has 0 radical (unpaired) electrons. The minimum absolute atomic E-state index is 0.723. The zero-order valence-corrected chi connectivity index (χ0v) is 9.70. The van der Waals surface area contributed by atoms with Crippen molar-refractivity contribution in [3.63, 3.8) is 0 Å². The van der Waals surface area contributed by atoms with E-state index in [2.05, 4.69) is 26.7 Å². The van der Waals surface area contributed by atoms with Gasteiger partial charge in [-0.3, -0.25) is 4.40 Å². The van der Waals surface area contributed by atoms with Crippen molar-refractivity contribution in [1.82, 2.24) is 14.3 Å². The van der Waals surface area contributed by atoms with Gasteiger partial charge in [-0.1, -0.05) is 0 Å². The number of hydrogen-bond acceptors (Lipinski definition) is 4. The molecule has 0 bridgehead atoms. The Balaban J connectivity index is 1.97. The van der Waals surface area contributed by atoms with Gasteiger partial charge in [0.15, 0.2) is 4.96 Å². The molecule has 4 nitrogen and oxygen atoms in total. The Bertz CT molecular complexity index is 420. The topological polar surface area (TPSA) is 46.6 Å². The molecule has 2 aromatic heterocycles. The number of fused-ring (bicyclic) bond motifs is 1. The molecule has 0 unspecified atom stereocenters. The van der Waals surface area contributed by atoms with E-state index in [0.717, 1.165) is 31.0 Å². The molecule has 15 heavy (non-hydrogen) atoms. The summed E-state index contributed by atoms with van der Waals surface area (Å²) in [4.78, 5) is 7.58. The van der Waals surface area contributed by atoms with Crippen molar-refractivity contribution in [1.29, 1.82) is 0 Å². The number of hydrogen-bond donors (Lipinski definition) is 1. The molecule has 2 rings (SSSR count). The van der Waals surface area contributed by atoms with Gasteiger partial charge in [0.2, 0.25) is 0 Å². The van der Waals surface area contributed by atoms with E-state index in [4.69, 9.17) is 5.73 Å². The fraction of sp³-hybridized carbons (Fsp3) is 0.500. The molecule has 0 spiro atoms. The second-order valence-corrected chi connectivity index (χ2v) is 4.49. The molecule has 0 aliphatic carbocycles. The average Bonchev–Trinajstić information content (AvgIpc) is 2.77. The summed E-state index contributed by atoms with van der Waals surface area (Å²) < 4.78 is 2.15. The molecule has 2 N–H and O–H groups in total. The van der Waals surface area contributed by atoms with Crippen molar-refractivity contribution in [2.45, 2.75) is 6.42 Å². The van der Waals surface area contributed by atoms with Crippen LogP contribution in [0.25, 0.3) is 4.96 Å². The van der Waals surface area contributed by atoms with Crippen molar-refractivity contribution in [3.8, 4) is 0 Å². The first kappa shape index (κ1) is 10.6. The zero-order chi connectivity index (χ0) is 10.7. The lowest BCUT2D eigenvalue weighted by Crippen LogP contribution is -2.27. The van der Waals surface area contributed by atoms with E-state index in [9.17, 15) is 0 Å². The molecule has 0 atom stereocenters. The van der Waals surface area contributed by atoms with E-state index in [1.54, 1.807) is 11.3 Å². The summed E-state index contributed by atoms with van der Waals surface area (Å²) in [5.74, 6) is 0. The summed E-state index contributed by atoms with van der Waals surface area (Å²) >= 11 is 1.69. The van der Waals surface area contributed by atoms with Gasteiger partial charge in [-0.2, -0.15) is 0 Å². The Morgan fingerprint density at radius 2 is 2.40 bits per heavy atom. The molecular weight excluding hydrogens is 208 g/mol. The first-order valence-corrected chi connectivity index (χ1v) is 5.97. The van der Waals surface area contributed by atoms with Crippen LogP contribution in [-0.4, -0.2) is 41.0 Å². The van der Waals surface area contributed by atoms with Crippen LogP contribution in [0.2, 0.25) is 0 Å². The van der Waals surface area contributed by atoms with Crippen molar-refractivity contribution in [3.05, 3.63) is 23.5 Å². The summed E-state index contributed by atoms with van der Waals surface area (Å²) in [5.41, 5.74) is 6.83. The van der Waals surface area contributed by atoms with Crippen molar-refractivity contribution < 1.29 is 0 Å². The van der Waals surface area contributed by atoms with Crippen LogP contribution in [0.3, 0.4) is 0 Å². The molecule has 0 saturated heterocycles. The predicted molar refractivity (Wildman–Crippen MR) is 63.3 cm³/mol. The fourth-order valence-electron chi connectivity index (χ4n) is 1.59. The standard InChI is InChI=1S/C10H16N4S/c1-13(6-3-11)5-2-9-8-15-10-12-4-7-14(9)10/h4,7-8H,2-3,5-6,11H2,1H3. The van der Waals surface area contributed by atoms with Gasteiger partial charge in [-0.25, -0.2) is 4.98 Å². The molecule has 0 amide bonds. The highest BCUT2D eigenvalue weighted by Gasteiger charge is 2.04. The molecule has 0 fully saturated rings. The number of nitrogens with zero attached hydrogens (tertiary/aromatic N) is 3. The molecule has 82 valence electrons. The minimum Gasteiger partial charge on any atom is -0.329 e. The van der Waals surface area contributed by atoms with E-state index < -0.39 is 0 Å². The Labute approximate surface area is 93.3 Å². The van der Waals surface area contributed by atoms with Crippen LogP contribution in [0, 0.1) is 0 Å². The number of likely N-dealkylation sites (N-methyl/N-ethyl adjacent to an activating group) is 1. The smallest absolute Gasteiger partial charge is 0.193 e. The minimum atomic E-state index is 0.723. The van der Waals surface area contributed by atoms with Gasteiger partial charge in [0.1, 0.15) is 0 Å². The zero-order valence-electron chi connectivity index (χ0n) is 8.89. The quantitative estimate of drug-likeness (QED) is 0.818. The summed E-state index contributed by atoms with van der Waals surface area (Å²) in [6.45, 7) is 2.72. The van der Waals surface area contributed by atoms with E-state index in [0.29, 0.717) is 0 Å². The largest absolute Gasteiger partial charge is 0.329 e. The Morgan fingerprint density at radius 3 is 3.20 bits per heavy atom. The molecular formula is C10H16N4S. The highest BCUT2D eigenvalue weighted by Crippen LogP contribution is 2.14. The summed E-state index contributed by atoms with van der Waals surface area (Å²) in [6, 6.07) is 0. The van der Waals surface area contributed by atoms with Crippen LogP contribution in [0.1, 0.15) is 5.69 Å². The van der Waals surface area contributed by atoms with Crippen molar-refractivity contribution >= 4 is 16.3 Å². The van der Waals surface area contributed by atoms with Gasteiger partial charge in [-0.15, -0.1) is 11.3 Å². The van der Waals surface area contributed by atoms with Gasteiger partial charge in [-0.05, 0) is 7.05 Å². The lowest BCUT2D eigenvalue weighted by Gasteiger charge is -2.14. The third kappa shape index (κ3) is 2.37. The molecule has 2 aromatic rings. The number of thiazole rings is 1. The second-order valence-electron chi connectivity index (χ2n) is 3.65. The number of nitrogens with two attached hydrogens (primary N) is 1. The number of aromatic nitrogens is 2. The first-order valence-electron chi connectivity index (χ1n) is 5.09. The Morgan fingerprint density at radius 1 is 1.53 bits per heavy atom. The van der Waals surface area contributed by atoms with E-state index in [-0.39, 0.29) is 0 Å². The predicted octanol–water partition coefficient (Wildman–Crippen LogP) is 0.829. The van der Waals surface area contributed by atoms with E-state index in [1.165, 1.54) is 5.69 Å². The second kappa shape index (κ2) is 4.74. The third-order valence-corrected chi connectivity index (χ3v) is 3.38. The average molecular weight is 224 g/mol. The van der Waals surface area contributed by atoms with Crippen LogP contribution in [0.4, 0.5) is 0 Å². The summed E-state index contributed by atoms with van der Waals surface area (Å²) in [6.07, 6.45) is 4.91. The lowest BCUT2D eigenvalue weighted by atomic mass is 10.3. The summed E-state index contributed by atoms with van der Waals surface area (Å²) in [5, 5.41) is 2.18. The van der Waals surface area contributed by atoms with Crippen LogP contribution in [-0.2, 0) is 6.42 Å². The maximum absolute atomic E-state index is 5.50. The lowest BCUT2D eigenvalue weighted by molar-refractivity contribution is 0.346. The highest BCUT2D eigenvalue weighted by atomic mass is 32.1. The van der Waals surface area contributed by atoms with E-state index in [1.807, 2.05) is 12.4 Å². The van der Waals surface area contributed by atoms with Gasteiger partial charge in [0.25, 0.3) is 0 Å². The first-order chi connectivity index (χ1) is 7.31.